The summed E-state index contributed by atoms with van der Waals surface area (Å²) in [5, 5.41) is 9.66. The van der Waals surface area contributed by atoms with Crippen LogP contribution >= 0.6 is 0 Å². The van der Waals surface area contributed by atoms with Crippen LogP contribution in [0.25, 0.3) is 0 Å². The average molecular weight is 289 g/mol. The van der Waals surface area contributed by atoms with E-state index in [2.05, 4.69) is 0 Å². The number of benzene rings is 1. The molecule has 0 saturated carbocycles. The molecular formula is C12H16FNO4S. The normalized spacial score (nSPS) is 27.2. The highest BCUT2D eigenvalue weighted by atomic mass is 32.2. The number of aliphatic hydroxyl groups is 1. The molecule has 1 aliphatic rings. The molecule has 106 valence electrons. The van der Waals surface area contributed by atoms with Gasteiger partial charge < -0.3 is 15.6 Å². The Hall–Kier alpha value is -1.18. The second-order valence-electron chi connectivity index (χ2n) is 4.77. The molecular weight excluding hydrogens is 273 g/mol. The summed E-state index contributed by atoms with van der Waals surface area (Å²) < 4.78 is 41.5. The molecule has 7 heteroatoms. The molecule has 1 heterocycles. The standard InChI is InChI=1S/C12H16FNO4S/c1-7(14)9-3-2-8(13)4-11(9)18-12-6-19(16,17)5-10(12)15/h2-4,7,10,12,15H,5-6,14H2,1H3/t7-,10?,12?/m1/s1. The second-order valence-corrected chi connectivity index (χ2v) is 6.93. The lowest BCUT2D eigenvalue weighted by molar-refractivity contribution is 0.0727. The van der Waals surface area contributed by atoms with E-state index in [0.717, 1.165) is 6.07 Å². The Labute approximate surface area is 111 Å². The molecule has 0 radical (unpaired) electrons. The van der Waals surface area contributed by atoms with Gasteiger partial charge in [0.1, 0.15) is 23.8 Å². The molecule has 2 rings (SSSR count). The largest absolute Gasteiger partial charge is 0.486 e. The van der Waals surface area contributed by atoms with E-state index in [1.54, 1.807) is 6.92 Å². The Kier molecular flexibility index (Phi) is 3.80. The van der Waals surface area contributed by atoms with Gasteiger partial charge in [0, 0.05) is 17.7 Å². The maximum absolute atomic E-state index is 13.2. The molecule has 3 atom stereocenters. The molecule has 0 bridgehead atoms. The molecule has 5 nitrogen and oxygen atoms in total. The van der Waals surface area contributed by atoms with E-state index >= 15 is 0 Å². The third-order valence-electron chi connectivity index (χ3n) is 3.02. The third-order valence-corrected chi connectivity index (χ3v) is 4.70. The number of aliphatic hydroxyl groups excluding tert-OH is 1. The first-order valence-corrected chi connectivity index (χ1v) is 7.71. The first-order valence-electron chi connectivity index (χ1n) is 5.88. The summed E-state index contributed by atoms with van der Waals surface area (Å²) in [4.78, 5) is 0. The molecule has 0 aromatic heterocycles. The Morgan fingerprint density at radius 1 is 1.47 bits per heavy atom. The predicted molar refractivity (Wildman–Crippen MR) is 68.1 cm³/mol. The summed E-state index contributed by atoms with van der Waals surface area (Å²) in [7, 11) is -3.31. The van der Waals surface area contributed by atoms with Crippen molar-refractivity contribution in [2.45, 2.75) is 25.2 Å². The quantitative estimate of drug-likeness (QED) is 0.840. The molecule has 1 saturated heterocycles. The maximum atomic E-state index is 13.2. The van der Waals surface area contributed by atoms with Crippen molar-refractivity contribution in [3.8, 4) is 5.75 Å². The fourth-order valence-electron chi connectivity index (χ4n) is 2.06. The Bertz CT molecular complexity index is 573. The highest BCUT2D eigenvalue weighted by molar-refractivity contribution is 7.91. The van der Waals surface area contributed by atoms with E-state index < -0.39 is 27.9 Å². The van der Waals surface area contributed by atoms with Crippen LogP contribution in [0.4, 0.5) is 4.39 Å². The summed E-state index contributed by atoms with van der Waals surface area (Å²) in [5.41, 5.74) is 6.31. The fraction of sp³-hybridized carbons (Fsp3) is 0.500. The monoisotopic (exact) mass is 289 g/mol. The Balaban J connectivity index is 2.26. The van der Waals surface area contributed by atoms with E-state index in [1.165, 1.54) is 12.1 Å². The number of rotatable bonds is 3. The van der Waals surface area contributed by atoms with Crippen LogP contribution in [0.1, 0.15) is 18.5 Å². The zero-order valence-electron chi connectivity index (χ0n) is 10.4. The highest BCUT2D eigenvalue weighted by Crippen LogP contribution is 2.28. The van der Waals surface area contributed by atoms with Crippen LogP contribution in [0.2, 0.25) is 0 Å². The van der Waals surface area contributed by atoms with E-state index in [9.17, 15) is 17.9 Å². The molecule has 3 N–H and O–H groups in total. The highest BCUT2D eigenvalue weighted by Gasteiger charge is 2.38. The molecule has 0 amide bonds. The van der Waals surface area contributed by atoms with Gasteiger partial charge in [-0.3, -0.25) is 0 Å². The van der Waals surface area contributed by atoms with Gasteiger partial charge in [-0.15, -0.1) is 0 Å². The minimum Gasteiger partial charge on any atom is -0.486 e. The first kappa shape index (κ1) is 14.2. The van der Waals surface area contributed by atoms with Crippen molar-refractivity contribution in [3.05, 3.63) is 29.6 Å². The summed E-state index contributed by atoms with van der Waals surface area (Å²) in [6.07, 6.45) is -1.99. The maximum Gasteiger partial charge on any atom is 0.156 e. The number of sulfone groups is 1. The van der Waals surface area contributed by atoms with Gasteiger partial charge in [0.15, 0.2) is 9.84 Å². The van der Waals surface area contributed by atoms with Gasteiger partial charge in [0.2, 0.25) is 0 Å². The van der Waals surface area contributed by atoms with Gasteiger partial charge in [-0.1, -0.05) is 6.07 Å². The van der Waals surface area contributed by atoms with Crippen LogP contribution in [0.15, 0.2) is 18.2 Å². The fourth-order valence-corrected chi connectivity index (χ4v) is 3.72. The van der Waals surface area contributed by atoms with Gasteiger partial charge in [0.25, 0.3) is 0 Å². The van der Waals surface area contributed by atoms with Crippen molar-refractivity contribution in [3.63, 3.8) is 0 Å². The predicted octanol–water partition coefficient (Wildman–Crippen LogP) is 0.382. The topological polar surface area (TPSA) is 89.6 Å². The number of ether oxygens (including phenoxy) is 1. The summed E-state index contributed by atoms with van der Waals surface area (Å²) in [6, 6.07) is 3.51. The number of hydrogen-bond acceptors (Lipinski definition) is 5. The van der Waals surface area contributed by atoms with Gasteiger partial charge in [-0.05, 0) is 13.0 Å². The number of halogens is 1. The SMILES string of the molecule is C[C@@H](N)c1ccc(F)cc1OC1CS(=O)(=O)CC1O. The average Bonchev–Trinajstić information content (AvgIpc) is 2.51. The second kappa shape index (κ2) is 5.07. The lowest BCUT2D eigenvalue weighted by Crippen LogP contribution is -2.30. The Morgan fingerprint density at radius 2 is 2.16 bits per heavy atom. The summed E-state index contributed by atoms with van der Waals surface area (Å²) >= 11 is 0. The zero-order valence-corrected chi connectivity index (χ0v) is 11.2. The molecule has 0 spiro atoms. The van der Waals surface area contributed by atoms with Crippen molar-refractivity contribution in [1.29, 1.82) is 0 Å². The smallest absolute Gasteiger partial charge is 0.156 e. The third kappa shape index (κ3) is 3.23. The zero-order chi connectivity index (χ0) is 14.2. The van der Waals surface area contributed by atoms with E-state index in [0.29, 0.717) is 5.56 Å². The van der Waals surface area contributed by atoms with E-state index in [4.69, 9.17) is 10.5 Å². The lowest BCUT2D eigenvalue weighted by atomic mass is 10.1. The lowest BCUT2D eigenvalue weighted by Gasteiger charge is -2.19. The first-order chi connectivity index (χ1) is 8.78. The van der Waals surface area contributed by atoms with Crippen molar-refractivity contribution in [2.75, 3.05) is 11.5 Å². The van der Waals surface area contributed by atoms with Crippen LogP contribution in [0.3, 0.4) is 0 Å². The molecule has 1 aromatic rings. The summed E-state index contributed by atoms with van der Waals surface area (Å²) in [6.45, 7) is 1.71. The van der Waals surface area contributed by atoms with Crippen molar-refractivity contribution in [2.24, 2.45) is 5.73 Å². The van der Waals surface area contributed by atoms with Gasteiger partial charge in [-0.2, -0.15) is 0 Å². The van der Waals surface area contributed by atoms with Crippen molar-refractivity contribution < 1.29 is 22.7 Å². The minimum atomic E-state index is -3.31. The van der Waals surface area contributed by atoms with E-state index in [-0.39, 0.29) is 23.3 Å². The molecule has 1 fully saturated rings. The van der Waals surface area contributed by atoms with Crippen LogP contribution in [0.5, 0.6) is 5.75 Å². The van der Waals surface area contributed by atoms with Crippen LogP contribution in [0, 0.1) is 5.82 Å². The van der Waals surface area contributed by atoms with Gasteiger partial charge in [0.05, 0.1) is 11.5 Å². The number of hydrogen-bond donors (Lipinski definition) is 2. The molecule has 19 heavy (non-hydrogen) atoms. The number of nitrogens with two attached hydrogens (primary N) is 1. The van der Waals surface area contributed by atoms with Crippen LogP contribution in [-0.2, 0) is 9.84 Å². The van der Waals surface area contributed by atoms with Crippen molar-refractivity contribution >= 4 is 9.84 Å². The van der Waals surface area contributed by atoms with Crippen LogP contribution < -0.4 is 10.5 Å². The molecule has 1 aliphatic heterocycles. The van der Waals surface area contributed by atoms with Crippen LogP contribution in [-0.4, -0.2) is 37.2 Å². The van der Waals surface area contributed by atoms with Crippen molar-refractivity contribution in [1.82, 2.24) is 0 Å². The minimum absolute atomic E-state index is 0.177. The van der Waals surface area contributed by atoms with Gasteiger partial charge >= 0.3 is 0 Å². The molecule has 0 aliphatic carbocycles. The summed E-state index contributed by atoms with van der Waals surface area (Å²) in [5.74, 6) is -0.935. The Morgan fingerprint density at radius 3 is 2.68 bits per heavy atom. The van der Waals surface area contributed by atoms with E-state index in [1.807, 2.05) is 0 Å². The molecule has 2 unspecified atom stereocenters. The molecule has 1 aromatic carbocycles. The van der Waals surface area contributed by atoms with Gasteiger partial charge in [-0.25, -0.2) is 12.8 Å².